The van der Waals surface area contributed by atoms with E-state index in [1.165, 1.54) is 17.8 Å². The highest BCUT2D eigenvalue weighted by Crippen LogP contribution is 2.43. The number of hydrogen-bond donors (Lipinski definition) is 3. The molecule has 186 valence electrons. The maximum Gasteiger partial charge on any atom is 0.272 e. The van der Waals surface area contributed by atoms with E-state index in [1.54, 1.807) is 55.2 Å². The fourth-order valence-corrected chi connectivity index (χ4v) is 5.37. The number of rotatable bonds is 6. The van der Waals surface area contributed by atoms with Crippen molar-refractivity contribution in [3.8, 4) is 0 Å². The lowest BCUT2D eigenvalue weighted by Gasteiger charge is -2.31. The van der Waals surface area contributed by atoms with Gasteiger partial charge in [0.05, 0.1) is 29.6 Å². The lowest BCUT2D eigenvalue weighted by atomic mass is 9.96. The number of nitrogens with zero attached hydrogens (tertiary/aromatic N) is 2. The van der Waals surface area contributed by atoms with Crippen LogP contribution in [0.3, 0.4) is 0 Å². The van der Waals surface area contributed by atoms with E-state index in [1.807, 2.05) is 6.92 Å². The van der Waals surface area contributed by atoms with E-state index in [2.05, 4.69) is 10.3 Å². The van der Waals surface area contributed by atoms with E-state index in [9.17, 15) is 19.1 Å². The standard InChI is InChI=1S/C25H29FN4O4S/c1-14-13-30(9-10-34-14)24(32)19-5-4-6-21(28-19)29-23-17(22(27)31)12-20(35-23)16-8-7-15(11-18(16)26)25(2,3)33/h4-8,11-12,14,17,23,33H,9-10,13H2,1-3H3,(H2,27,31)(H,28,29)/t14-,17?,23?/m0/s1. The highest BCUT2D eigenvalue weighted by Gasteiger charge is 2.34. The zero-order valence-electron chi connectivity index (χ0n) is 19.8. The summed E-state index contributed by atoms with van der Waals surface area (Å²) in [5, 5.41) is 12.8. The minimum Gasteiger partial charge on any atom is -0.386 e. The Morgan fingerprint density at radius 2 is 2.09 bits per heavy atom. The first-order valence-corrected chi connectivity index (χ1v) is 12.3. The van der Waals surface area contributed by atoms with Crippen LogP contribution in [0.1, 0.15) is 42.4 Å². The second kappa shape index (κ2) is 9.96. The predicted molar refractivity (Wildman–Crippen MR) is 133 cm³/mol. The Hall–Kier alpha value is -2.95. The Bertz CT molecular complexity index is 1170. The second-order valence-corrected chi connectivity index (χ2v) is 10.4. The van der Waals surface area contributed by atoms with Gasteiger partial charge < -0.3 is 25.8 Å². The van der Waals surface area contributed by atoms with Crippen molar-refractivity contribution in [2.45, 2.75) is 37.9 Å². The van der Waals surface area contributed by atoms with Gasteiger partial charge in [-0.1, -0.05) is 36.0 Å². The summed E-state index contributed by atoms with van der Waals surface area (Å²) in [5.74, 6) is -1.56. The highest BCUT2D eigenvalue weighted by molar-refractivity contribution is 8.09. The maximum absolute atomic E-state index is 14.9. The summed E-state index contributed by atoms with van der Waals surface area (Å²) in [7, 11) is 0. The molecular formula is C25H29FN4O4S. The molecule has 3 atom stereocenters. The number of pyridine rings is 1. The number of aliphatic hydroxyl groups is 1. The SMILES string of the molecule is C[C@H]1CN(C(=O)c2cccc(NC3SC(c4ccc(C(C)(C)O)cc4F)=CC3C(N)=O)n2)CCO1. The Labute approximate surface area is 207 Å². The molecule has 1 saturated heterocycles. The number of carbonyl (C=O) groups excluding carboxylic acids is 2. The topological polar surface area (TPSA) is 118 Å². The zero-order chi connectivity index (χ0) is 25.3. The van der Waals surface area contributed by atoms with Crippen molar-refractivity contribution < 1.29 is 23.8 Å². The highest BCUT2D eigenvalue weighted by atomic mass is 32.2. The van der Waals surface area contributed by atoms with Crippen molar-refractivity contribution >= 4 is 34.3 Å². The number of primary amides is 1. The molecule has 2 aliphatic rings. The molecule has 0 bridgehead atoms. The normalized spacial score (nSPS) is 22.6. The largest absolute Gasteiger partial charge is 0.386 e. The average Bonchev–Trinajstić information content (AvgIpc) is 3.22. The fourth-order valence-electron chi connectivity index (χ4n) is 4.04. The summed E-state index contributed by atoms with van der Waals surface area (Å²) < 4.78 is 20.4. The molecule has 4 N–H and O–H groups in total. The van der Waals surface area contributed by atoms with Gasteiger partial charge in [-0.3, -0.25) is 9.59 Å². The van der Waals surface area contributed by atoms with E-state index < -0.39 is 28.6 Å². The molecule has 0 radical (unpaired) electrons. The molecule has 35 heavy (non-hydrogen) atoms. The molecule has 10 heteroatoms. The number of benzene rings is 1. The molecule has 4 rings (SSSR count). The monoisotopic (exact) mass is 500 g/mol. The van der Waals surface area contributed by atoms with Crippen molar-refractivity contribution in [3.63, 3.8) is 0 Å². The number of halogens is 1. The number of morpholine rings is 1. The minimum atomic E-state index is -1.18. The predicted octanol–water partition coefficient (Wildman–Crippen LogP) is 2.94. The third-order valence-corrected chi connectivity index (χ3v) is 7.24. The van der Waals surface area contributed by atoms with E-state index in [0.717, 1.165) is 0 Å². The number of nitrogens with one attached hydrogen (secondary N) is 1. The van der Waals surface area contributed by atoms with Gasteiger partial charge in [0.1, 0.15) is 17.3 Å². The van der Waals surface area contributed by atoms with Crippen LogP contribution in [0.4, 0.5) is 10.2 Å². The Kier molecular flexibility index (Phi) is 7.16. The molecule has 1 aromatic carbocycles. The van der Waals surface area contributed by atoms with Crippen molar-refractivity contribution in [3.05, 3.63) is 65.1 Å². The third kappa shape index (κ3) is 5.66. The summed E-state index contributed by atoms with van der Waals surface area (Å²) in [4.78, 5) is 31.8. The van der Waals surface area contributed by atoms with Gasteiger partial charge in [0, 0.05) is 23.6 Å². The molecule has 0 spiro atoms. The molecule has 2 amide bonds. The Morgan fingerprint density at radius 3 is 2.74 bits per heavy atom. The summed E-state index contributed by atoms with van der Waals surface area (Å²) >= 11 is 1.26. The minimum absolute atomic E-state index is 0.0392. The molecule has 2 unspecified atom stereocenters. The van der Waals surface area contributed by atoms with Crippen molar-refractivity contribution in [1.82, 2.24) is 9.88 Å². The van der Waals surface area contributed by atoms with E-state index in [0.29, 0.717) is 41.5 Å². The van der Waals surface area contributed by atoms with Gasteiger partial charge in [0.2, 0.25) is 5.91 Å². The molecule has 1 fully saturated rings. The van der Waals surface area contributed by atoms with Crippen LogP contribution in [0.2, 0.25) is 0 Å². The van der Waals surface area contributed by atoms with Crippen LogP contribution in [0.15, 0.2) is 42.5 Å². The number of anilines is 1. The summed E-state index contributed by atoms with van der Waals surface area (Å²) in [6.07, 6.45) is 1.60. The molecule has 0 saturated carbocycles. The van der Waals surface area contributed by atoms with E-state index in [-0.39, 0.29) is 17.7 Å². The number of aromatic nitrogens is 1. The first-order chi connectivity index (χ1) is 16.5. The van der Waals surface area contributed by atoms with Gasteiger partial charge in [0.25, 0.3) is 5.91 Å². The molecule has 8 nitrogen and oxygen atoms in total. The van der Waals surface area contributed by atoms with Crippen LogP contribution >= 0.6 is 11.8 Å². The van der Waals surface area contributed by atoms with Gasteiger partial charge >= 0.3 is 0 Å². The quantitative estimate of drug-likeness (QED) is 0.558. The van der Waals surface area contributed by atoms with Crippen LogP contribution < -0.4 is 11.1 Å². The second-order valence-electron chi connectivity index (χ2n) is 9.24. The number of amides is 2. The number of thioether (sulfide) groups is 1. The number of nitrogens with two attached hydrogens (primary N) is 1. The first kappa shape index (κ1) is 25.2. The van der Waals surface area contributed by atoms with Gasteiger partial charge in [-0.05, 0) is 44.5 Å². The van der Waals surface area contributed by atoms with Gasteiger partial charge in [-0.25, -0.2) is 9.37 Å². The maximum atomic E-state index is 14.9. The van der Waals surface area contributed by atoms with E-state index >= 15 is 0 Å². The van der Waals surface area contributed by atoms with Gasteiger partial charge in [0.15, 0.2) is 0 Å². The van der Waals surface area contributed by atoms with E-state index in [4.69, 9.17) is 10.5 Å². The van der Waals surface area contributed by atoms with Crippen LogP contribution in [0, 0.1) is 11.7 Å². The molecule has 2 aliphatic heterocycles. The Morgan fingerprint density at radius 1 is 1.31 bits per heavy atom. The molecular weight excluding hydrogens is 471 g/mol. The molecule has 0 aliphatic carbocycles. The summed E-state index contributed by atoms with van der Waals surface area (Å²) in [6.45, 7) is 6.55. The Balaban J connectivity index is 1.52. The molecule has 2 aromatic rings. The fraction of sp³-hybridized carbons (Fsp3) is 0.400. The summed E-state index contributed by atoms with van der Waals surface area (Å²) in [5.41, 5.74) is 5.50. The number of ether oxygens (including phenoxy) is 1. The molecule has 1 aromatic heterocycles. The van der Waals surface area contributed by atoms with Gasteiger partial charge in [-0.2, -0.15) is 0 Å². The third-order valence-electron chi connectivity index (χ3n) is 5.97. The lowest BCUT2D eigenvalue weighted by molar-refractivity contribution is -0.120. The van der Waals surface area contributed by atoms with Crippen LogP contribution in [-0.2, 0) is 15.1 Å². The van der Waals surface area contributed by atoms with Crippen molar-refractivity contribution in [2.24, 2.45) is 11.7 Å². The average molecular weight is 501 g/mol. The van der Waals surface area contributed by atoms with Crippen molar-refractivity contribution in [2.75, 3.05) is 25.0 Å². The smallest absolute Gasteiger partial charge is 0.272 e. The first-order valence-electron chi connectivity index (χ1n) is 11.4. The summed E-state index contributed by atoms with van der Waals surface area (Å²) in [6, 6.07) is 9.60. The lowest BCUT2D eigenvalue weighted by Crippen LogP contribution is -2.44. The van der Waals surface area contributed by atoms with Crippen LogP contribution in [0.25, 0.3) is 4.91 Å². The van der Waals surface area contributed by atoms with Crippen molar-refractivity contribution in [1.29, 1.82) is 0 Å². The number of hydrogen-bond acceptors (Lipinski definition) is 7. The van der Waals surface area contributed by atoms with Crippen LogP contribution in [-0.4, -0.2) is 58.0 Å². The number of carbonyl (C=O) groups is 2. The van der Waals surface area contributed by atoms with Gasteiger partial charge in [-0.15, -0.1) is 0 Å². The zero-order valence-corrected chi connectivity index (χ0v) is 20.6. The van der Waals surface area contributed by atoms with Crippen LogP contribution in [0.5, 0.6) is 0 Å². The molecule has 3 heterocycles.